The highest BCUT2D eigenvalue weighted by atomic mass is 16.7. The van der Waals surface area contributed by atoms with Gasteiger partial charge in [-0.25, -0.2) is 4.79 Å². The van der Waals surface area contributed by atoms with Crippen molar-refractivity contribution in [2.75, 3.05) is 13.1 Å². The molecule has 6 nitrogen and oxygen atoms in total. The molecule has 0 radical (unpaired) electrons. The Morgan fingerprint density at radius 2 is 2.08 bits per heavy atom. The highest BCUT2D eigenvalue weighted by Crippen LogP contribution is 2.27. The third-order valence-electron chi connectivity index (χ3n) is 4.56. The number of nitrogens with zero attached hydrogens (tertiary/aromatic N) is 2. The highest BCUT2D eigenvalue weighted by molar-refractivity contribution is 5.90. The molecule has 126 valence electrons. The number of amides is 1. The average Bonchev–Trinajstić information content (AvgIpc) is 3.26. The maximum Gasteiger partial charge on any atom is 0.247 e. The van der Waals surface area contributed by atoms with Gasteiger partial charge in [-0.05, 0) is 24.8 Å². The van der Waals surface area contributed by atoms with Gasteiger partial charge in [0.1, 0.15) is 18.3 Å². The van der Waals surface area contributed by atoms with Crippen LogP contribution in [-0.4, -0.2) is 53.3 Å². The number of likely N-dealkylation sites (tertiary alicyclic amines) is 1. The summed E-state index contributed by atoms with van der Waals surface area (Å²) in [5, 5.41) is 1.55. The standard InChI is InChI=1S/C18H20N2O4/c21-11-15-8-10-20(24-13-14-5-2-1-3-6-14)17(15)18(23)19-9-4-7-16(19)12-22/h1-3,5-6,12,16-17H,4,7-10,13H2/t16-,17-/m0/s1. The van der Waals surface area contributed by atoms with Crippen LogP contribution in [0.4, 0.5) is 0 Å². The lowest BCUT2D eigenvalue weighted by molar-refractivity contribution is -0.186. The third kappa shape index (κ3) is 3.31. The number of hydrogen-bond donors (Lipinski definition) is 0. The molecule has 0 saturated carbocycles. The molecule has 0 bridgehead atoms. The lowest BCUT2D eigenvalue weighted by atomic mass is 10.1. The van der Waals surface area contributed by atoms with E-state index in [0.717, 1.165) is 18.3 Å². The van der Waals surface area contributed by atoms with Gasteiger partial charge in [-0.1, -0.05) is 30.3 Å². The van der Waals surface area contributed by atoms with Crippen LogP contribution < -0.4 is 0 Å². The van der Waals surface area contributed by atoms with E-state index in [1.54, 1.807) is 9.96 Å². The SMILES string of the molecule is O=C=C1CCN(OCc2ccccc2)[C@@H]1C(=O)N1CCC[C@H]1C=O. The lowest BCUT2D eigenvalue weighted by Crippen LogP contribution is -2.48. The molecule has 2 aliphatic rings. The van der Waals surface area contributed by atoms with Gasteiger partial charge >= 0.3 is 0 Å². The van der Waals surface area contributed by atoms with Crippen molar-refractivity contribution in [2.24, 2.45) is 0 Å². The molecule has 3 rings (SSSR count). The minimum Gasteiger partial charge on any atom is -0.331 e. The largest absolute Gasteiger partial charge is 0.331 e. The van der Waals surface area contributed by atoms with Crippen molar-refractivity contribution in [3.63, 3.8) is 0 Å². The molecule has 0 aliphatic carbocycles. The van der Waals surface area contributed by atoms with Gasteiger partial charge in [0.05, 0.1) is 12.6 Å². The van der Waals surface area contributed by atoms with Crippen LogP contribution in [0.25, 0.3) is 0 Å². The van der Waals surface area contributed by atoms with Gasteiger partial charge in [-0.15, -0.1) is 0 Å². The van der Waals surface area contributed by atoms with Crippen LogP contribution in [0.1, 0.15) is 24.8 Å². The van der Waals surface area contributed by atoms with Crippen LogP contribution in [0.2, 0.25) is 0 Å². The Labute approximate surface area is 140 Å². The number of rotatable bonds is 5. The van der Waals surface area contributed by atoms with Gasteiger partial charge in [-0.3, -0.25) is 9.63 Å². The maximum absolute atomic E-state index is 12.9. The van der Waals surface area contributed by atoms with Gasteiger partial charge in [-0.2, -0.15) is 5.06 Å². The van der Waals surface area contributed by atoms with E-state index >= 15 is 0 Å². The second kappa shape index (κ2) is 7.53. The molecule has 0 aromatic heterocycles. The fraction of sp³-hybridized carbons (Fsp3) is 0.444. The van der Waals surface area contributed by atoms with Crippen LogP contribution in [-0.2, 0) is 25.8 Å². The van der Waals surface area contributed by atoms with E-state index in [-0.39, 0.29) is 5.91 Å². The number of hydroxylamine groups is 2. The molecule has 2 aliphatic heterocycles. The van der Waals surface area contributed by atoms with E-state index in [1.165, 1.54) is 0 Å². The summed E-state index contributed by atoms with van der Waals surface area (Å²) in [6.45, 7) is 1.33. The highest BCUT2D eigenvalue weighted by Gasteiger charge is 2.42. The molecule has 1 aromatic rings. The van der Waals surface area contributed by atoms with Crippen molar-refractivity contribution in [2.45, 2.75) is 38.0 Å². The predicted molar refractivity (Wildman–Crippen MR) is 86.3 cm³/mol. The Morgan fingerprint density at radius 3 is 2.79 bits per heavy atom. The van der Waals surface area contributed by atoms with E-state index < -0.39 is 12.1 Å². The normalized spacial score (nSPS) is 24.2. The fourth-order valence-corrected chi connectivity index (χ4v) is 3.28. The van der Waals surface area contributed by atoms with Gasteiger partial charge in [0, 0.05) is 18.7 Å². The zero-order chi connectivity index (χ0) is 16.9. The molecule has 0 N–H and O–H groups in total. The number of benzene rings is 1. The smallest absolute Gasteiger partial charge is 0.247 e. The Kier molecular flexibility index (Phi) is 5.20. The molecule has 2 heterocycles. The topological polar surface area (TPSA) is 66.9 Å². The molecule has 2 fully saturated rings. The molecular weight excluding hydrogens is 308 g/mol. The van der Waals surface area contributed by atoms with E-state index in [4.69, 9.17) is 4.84 Å². The van der Waals surface area contributed by atoms with Gasteiger partial charge in [0.25, 0.3) is 0 Å². The maximum atomic E-state index is 12.9. The number of carbonyl (C=O) groups is 2. The quantitative estimate of drug-likeness (QED) is 0.599. The second-order valence-corrected chi connectivity index (χ2v) is 6.06. The summed E-state index contributed by atoms with van der Waals surface area (Å²) in [5.41, 5.74) is 1.38. The Hall–Kier alpha value is -2.27. The Bertz CT molecular complexity index is 654. The van der Waals surface area contributed by atoms with E-state index in [9.17, 15) is 14.4 Å². The number of aldehydes is 1. The molecule has 2 saturated heterocycles. The van der Waals surface area contributed by atoms with Crippen molar-refractivity contribution in [3.8, 4) is 0 Å². The summed E-state index contributed by atoms with van der Waals surface area (Å²) in [5.74, 6) is 1.65. The van der Waals surface area contributed by atoms with E-state index in [0.29, 0.717) is 38.1 Å². The first-order chi connectivity index (χ1) is 11.7. The molecule has 1 amide bonds. The fourth-order valence-electron chi connectivity index (χ4n) is 3.28. The van der Waals surface area contributed by atoms with Crippen LogP contribution in [0.15, 0.2) is 35.9 Å². The summed E-state index contributed by atoms with van der Waals surface area (Å²) < 4.78 is 0. The van der Waals surface area contributed by atoms with Gasteiger partial charge in [0.2, 0.25) is 5.91 Å². The molecule has 24 heavy (non-hydrogen) atoms. The Balaban J connectivity index is 1.73. The van der Waals surface area contributed by atoms with Crippen molar-refractivity contribution >= 4 is 18.1 Å². The molecule has 6 heteroatoms. The second-order valence-electron chi connectivity index (χ2n) is 6.06. The average molecular weight is 328 g/mol. The van der Waals surface area contributed by atoms with Crippen molar-refractivity contribution < 1.29 is 19.2 Å². The molecule has 2 atom stereocenters. The molecule has 0 unspecified atom stereocenters. The van der Waals surface area contributed by atoms with Crippen molar-refractivity contribution in [1.29, 1.82) is 0 Å². The Morgan fingerprint density at radius 1 is 1.29 bits per heavy atom. The minimum atomic E-state index is -0.772. The monoisotopic (exact) mass is 328 g/mol. The number of carbonyl (C=O) groups excluding carboxylic acids is 3. The first-order valence-electron chi connectivity index (χ1n) is 8.17. The molecular formula is C18H20N2O4. The van der Waals surface area contributed by atoms with Crippen LogP contribution in [0.3, 0.4) is 0 Å². The molecule has 1 aromatic carbocycles. The predicted octanol–water partition coefficient (Wildman–Crippen LogP) is 1.14. The van der Waals surface area contributed by atoms with E-state index in [2.05, 4.69) is 0 Å². The van der Waals surface area contributed by atoms with E-state index in [1.807, 2.05) is 36.3 Å². The first-order valence-corrected chi connectivity index (χ1v) is 8.17. The third-order valence-corrected chi connectivity index (χ3v) is 4.56. The lowest BCUT2D eigenvalue weighted by Gasteiger charge is -2.28. The number of hydrogen-bond acceptors (Lipinski definition) is 5. The molecule has 0 spiro atoms. The summed E-state index contributed by atoms with van der Waals surface area (Å²) >= 11 is 0. The van der Waals surface area contributed by atoms with Crippen molar-refractivity contribution in [1.82, 2.24) is 9.96 Å². The van der Waals surface area contributed by atoms with Crippen molar-refractivity contribution in [3.05, 3.63) is 41.5 Å². The summed E-state index contributed by atoms with van der Waals surface area (Å²) in [7, 11) is 0. The zero-order valence-electron chi connectivity index (χ0n) is 13.4. The zero-order valence-corrected chi connectivity index (χ0v) is 13.4. The van der Waals surface area contributed by atoms with Crippen LogP contribution >= 0.6 is 0 Å². The first kappa shape index (κ1) is 16.6. The summed E-state index contributed by atoms with van der Waals surface area (Å²) in [4.78, 5) is 42.6. The van der Waals surface area contributed by atoms with Gasteiger partial charge in [0.15, 0.2) is 0 Å². The minimum absolute atomic E-state index is 0.242. The van der Waals surface area contributed by atoms with Crippen LogP contribution in [0, 0.1) is 0 Å². The summed E-state index contributed by atoms with van der Waals surface area (Å²) in [6.07, 6.45) is 2.73. The van der Waals surface area contributed by atoms with Gasteiger partial charge < -0.3 is 9.69 Å². The van der Waals surface area contributed by atoms with Crippen LogP contribution in [0.5, 0.6) is 0 Å². The summed E-state index contributed by atoms with van der Waals surface area (Å²) in [6, 6.07) is 8.46.